The zero-order valence-corrected chi connectivity index (χ0v) is 13.6. The van der Waals surface area contributed by atoms with Gasteiger partial charge in [-0.25, -0.2) is 0 Å². The third kappa shape index (κ3) is 8.53. The number of methoxy groups -OCH3 is 1. The molecule has 0 bridgehead atoms. The number of hydrogen-bond donors (Lipinski definition) is 2. The summed E-state index contributed by atoms with van der Waals surface area (Å²) in [5, 5.41) is 11.1. The minimum atomic E-state index is -0.206. The number of ether oxygens (including phenoxy) is 1. The first-order valence-corrected chi connectivity index (χ1v) is 7.14. The normalized spacial score (nSPS) is 8.55. The summed E-state index contributed by atoms with van der Waals surface area (Å²) in [6.07, 6.45) is 1.25. The van der Waals surface area contributed by atoms with E-state index < -0.39 is 0 Å². The van der Waals surface area contributed by atoms with Gasteiger partial charge in [-0.1, -0.05) is 40.2 Å². The molecule has 0 unspecified atom stereocenters. The van der Waals surface area contributed by atoms with Crippen LogP contribution < -0.4 is 10.1 Å². The molecule has 0 saturated heterocycles. The van der Waals surface area contributed by atoms with Crippen LogP contribution in [0.4, 0.5) is 0 Å². The molecule has 116 valence electrons. The number of aliphatic hydroxyl groups is 1. The highest BCUT2D eigenvalue weighted by molar-refractivity contribution is 5.94. The van der Waals surface area contributed by atoms with E-state index >= 15 is 0 Å². The number of hydrogen-bond acceptors (Lipinski definition) is 3. The van der Waals surface area contributed by atoms with Crippen LogP contribution in [-0.4, -0.2) is 31.3 Å². The molecule has 0 radical (unpaired) electrons. The predicted octanol–water partition coefficient (Wildman–Crippen LogP) is 3.17. The minimum Gasteiger partial charge on any atom is -0.496 e. The fourth-order valence-corrected chi connectivity index (χ4v) is 1.23. The Hall–Kier alpha value is -1.55. The van der Waals surface area contributed by atoms with Gasteiger partial charge in [0.05, 0.1) is 13.7 Å². The lowest BCUT2D eigenvalue weighted by Crippen LogP contribution is -2.26. The molecule has 0 heterocycles. The number of benzene rings is 1. The molecule has 4 nitrogen and oxygen atoms in total. The maximum atomic E-state index is 11.5. The van der Waals surface area contributed by atoms with Crippen LogP contribution in [0.25, 0.3) is 0 Å². The Morgan fingerprint density at radius 2 is 1.85 bits per heavy atom. The maximum absolute atomic E-state index is 11.5. The molecule has 0 atom stereocenters. The number of rotatable bonds is 4. The first-order valence-electron chi connectivity index (χ1n) is 7.14. The summed E-state index contributed by atoms with van der Waals surface area (Å²) in [7, 11) is 1.57. The van der Waals surface area contributed by atoms with E-state index in [1.165, 1.54) is 6.42 Å². The van der Waals surface area contributed by atoms with Gasteiger partial charge in [0.1, 0.15) is 5.75 Å². The van der Waals surface area contributed by atoms with Crippen molar-refractivity contribution in [3.05, 3.63) is 29.3 Å². The van der Waals surface area contributed by atoms with Crippen molar-refractivity contribution in [2.75, 3.05) is 20.3 Å². The van der Waals surface area contributed by atoms with Gasteiger partial charge in [-0.2, -0.15) is 0 Å². The van der Waals surface area contributed by atoms with E-state index in [9.17, 15) is 4.79 Å². The quantitative estimate of drug-likeness (QED) is 0.892. The molecule has 1 aromatic rings. The van der Waals surface area contributed by atoms with Crippen molar-refractivity contribution in [2.45, 2.75) is 41.0 Å². The van der Waals surface area contributed by atoms with Crippen molar-refractivity contribution in [2.24, 2.45) is 0 Å². The highest BCUT2D eigenvalue weighted by atomic mass is 16.5. The van der Waals surface area contributed by atoms with E-state index in [2.05, 4.69) is 19.2 Å². The van der Waals surface area contributed by atoms with Gasteiger partial charge in [-0.3, -0.25) is 4.79 Å². The van der Waals surface area contributed by atoms with Crippen molar-refractivity contribution in [3.8, 4) is 5.75 Å². The monoisotopic (exact) mass is 283 g/mol. The van der Waals surface area contributed by atoms with Crippen molar-refractivity contribution >= 4 is 5.91 Å². The van der Waals surface area contributed by atoms with Gasteiger partial charge in [0.2, 0.25) is 0 Å². The molecule has 20 heavy (non-hydrogen) atoms. The van der Waals surface area contributed by atoms with E-state index in [1.807, 2.05) is 26.8 Å². The smallest absolute Gasteiger partial charge is 0.251 e. The topological polar surface area (TPSA) is 58.6 Å². The Kier molecular flexibility index (Phi) is 14.4. The zero-order valence-electron chi connectivity index (χ0n) is 13.6. The van der Waals surface area contributed by atoms with Crippen LogP contribution in [0.15, 0.2) is 18.2 Å². The number of aliphatic hydroxyl groups excluding tert-OH is 1. The van der Waals surface area contributed by atoms with E-state index in [0.29, 0.717) is 11.3 Å². The standard InChI is InChI=1S/C11H15NO3.C3H8.C2H6/c1-8-3-4-9(7-10(8)15-2)11(14)12-5-6-13;1-3-2;1-2/h3-4,7,13H,5-6H2,1-2H3,(H,12,14);3H2,1-2H3;1-2H3. The van der Waals surface area contributed by atoms with E-state index in [1.54, 1.807) is 19.2 Å². The van der Waals surface area contributed by atoms with E-state index in [-0.39, 0.29) is 19.1 Å². The summed E-state index contributed by atoms with van der Waals surface area (Å²) in [5.74, 6) is 0.481. The van der Waals surface area contributed by atoms with Crippen LogP contribution in [0, 0.1) is 6.92 Å². The molecule has 1 aromatic carbocycles. The maximum Gasteiger partial charge on any atom is 0.251 e. The van der Waals surface area contributed by atoms with Gasteiger partial charge >= 0.3 is 0 Å². The second-order valence-corrected chi connectivity index (χ2v) is 3.87. The average molecular weight is 283 g/mol. The van der Waals surface area contributed by atoms with Crippen molar-refractivity contribution < 1.29 is 14.6 Å². The summed E-state index contributed by atoms with van der Waals surface area (Å²) in [6.45, 7) is 10.4. The summed E-state index contributed by atoms with van der Waals surface area (Å²) >= 11 is 0. The van der Waals surface area contributed by atoms with Gasteiger partial charge in [0.25, 0.3) is 5.91 Å². The lowest BCUT2D eigenvalue weighted by atomic mass is 10.1. The molecule has 0 spiro atoms. The average Bonchev–Trinajstić information content (AvgIpc) is 2.48. The van der Waals surface area contributed by atoms with Crippen molar-refractivity contribution in [1.82, 2.24) is 5.32 Å². The second kappa shape index (κ2) is 13.9. The number of amides is 1. The second-order valence-electron chi connectivity index (χ2n) is 3.87. The molecule has 0 aliphatic heterocycles. The number of carbonyl (C=O) groups is 1. The van der Waals surface area contributed by atoms with Crippen molar-refractivity contribution in [3.63, 3.8) is 0 Å². The van der Waals surface area contributed by atoms with Gasteiger partial charge in [-0.15, -0.1) is 0 Å². The van der Waals surface area contributed by atoms with Crippen molar-refractivity contribution in [1.29, 1.82) is 0 Å². The molecule has 4 heteroatoms. The largest absolute Gasteiger partial charge is 0.496 e. The van der Waals surface area contributed by atoms with Gasteiger partial charge < -0.3 is 15.2 Å². The van der Waals surface area contributed by atoms with Crippen LogP contribution in [0.3, 0.4) is 0 Å². The SMILES string of the molecule is CC.CCC.COc1cc(C(=O)NCCO)ccc1C. The molecule has 1 amide bonds. The van der Waals surface area contributed by atoms with Crippen LogP contribution in [-0.2, 0) is 0 Å². The lowest BCUT2D eigenvalue weighted by molar-refractivity contribution is 0.0944. The molecule has 2 N–H and O–H groups in total. The van der Waals surface area contributed by atoms with Crippen LogP contribution in [0.2, 0.25) is 0 Å². The summed E-state index contributed by atoms with van der Waals surface area (Å²) in [6, 6.07) is 5.24. The minimum absolute atomic E-state index is 0.0608. The Morgan fingerprint density at radius 1 is 1.30 bits per heavy atom. The third-order valence-electron chi connectivity index (χ3n) is 2.07. The molecular formula is C16H29NO3. The zero-order chi connectivity index (χ0) is 16.0. The van der Waals surface area contributed by atoms with E-state index in [0.717, 1.165) is 5.56 Å². The molecule has 0 aliphatic rings. The summed E-state index contributed by atoms with van der Waals surface area (Å²) in [4.78, 5) is 11.5. The Bertz CT molecular complexity index is 365. The molecular weight excluding hydrogens is 254 g/mol. The number of carbonyl (C=O) groups excluding carboxylic acids is 1. The lowest BCUT2D eigenvalue weighted by Gasteiger charge is -2.07. The summed E-state index contributed by atoms with van der Waals surface area (Å²) < 4.78 is 5.11. The number of aryl methyl sites for hydroxylation is 1. The highest BCUT2D eigenvalue weighted by Gasteiger charge is 2.07. The fourth-order valence-electron chi connectivity index (χ4n) is 1.23. The Labute approximate surface area is 123 Å². The first kappa shape index (κ1) is 20.8. The highest BCUT2D eigenvalue weighted by Crippen LogP contribution is 2.18. The van der Waals surface area contributed by atoms with Gasteiger partial charge in [0.15, 0.2) is 0 Å². The van der Waals surface area contributed by atoms with Crippen LogP contribution in [0.5, 0.6) is 5.75 Å². The van der Waals surface area contributed by atoms with Gasteiger partial charge in [-0.05, 0) is 24.6 Å². The fraction of sp³-hybridized carbons (Fsp3) is 0.562. The molecule has 1 rings (SSSR count). The first-order chi connectivity index (χ1) is 9.60. The summed E-state index contributed by atoms with van der Waals surface area (Å²) in [5.41, 5.74) is 1.52. The molecule has 0 aliphatic carbocycles. The Balaban J connectivity index is 0. The molecule has 0 fully saturated rings. The molecule has 0 saturated carbocycles. The predicted molar refractivity (Wildman–Crippen MR) is 84.5 cm³/mol. The molecule has 0 aromatic heterocycles. The third-order valence-corrected chi connectivity index (χ3v) is 2.07. The van der Waals surface area contributed by atoms with Gasteiger partial charge in [0, 0.05) is 12.1 Å². The van der Waals surface area contributed by atoms with E-state index in [4.69, 9.17) is 9.84 Å². The van der Waals surface area contributed by atoms with Crippen LogP contribution >= 0.6 is 0 Å². The number of nitrogens with one attached hydrogen (secondary N) is 1. The van der Waals surface area contributed by atoms with Crippen LogP contribution in [0.1, 0.15) is 50.0 Å². The Morgan fingerprint density at radius 3 is 2.30 bits per heavy atom.